The van der Waals surface area contributed by atoms with Gasteiger partial charge in [0.05, 0.1) is 0 Å². The van der Waals surface area contributed by atoms with E-state index in [1.807, 2.05) is 6.92 Å². The predicted octanol–water partition coefficient (Wildman–Crippen LogP) is 0.201. The summed E-state index contributed by atoms with van der Waals surface area (Å²) in [5.41, 5.74) is -0.241. The highest BCUT2D eigenvalue weighted by Crippen LogP contribution is 2.17. The fraction of sp³-hybridized carbons (Fsp3) is 0.500. The van der Waals surface area contributed by atoms with Crippen molar-refractivity contribution < 1.29 is 5.11 Å². The highest BCUT2D eigenvalue weighted by Gasteiger charge is 2.11. The molecule has 0 atom stereocenters. The summed E-state index contributed by atoms with van der Waals surface area (Å²) in [5.74, 6) is -0.0832. The van der Waals surface area contributed by atoms with Gasteiger partial charge in [-0.1, -0.05) is 0 Å². The van der Waals surface area contributed by atoms with Crippen LogP contribution in [0.15, 0.2) is 9.82 Å². The van der Waals surface area contributed by atoms with Crippen molar-refractivity contribution in [3.63, 3.8) is 0 Å². The molecular weight excluding hydrogens is 164 g/mol. The van der Waals surface area contributed by atoms with Crippen LogP contribution in [0.5, 0.6) is 5.88 Å². The monoisotopic (exact) mass is 174 g/mol. The summed E-state index contributed by atoms with van der Waals surface area (Å²) in [6.07, 6.45) is 0. The minimum absolute atomic E-state index is 0.0832. The van der Waals surface area contributed by atoms with Crippen molar-refractivity contribution in [2.75, 3.05) is 0 Å². The lowest BCUT2D eigenvalue weighted by Crippen LogP contribution is -2.21. The Bertz CT molecular complexity index is 326. The van der Waals surface area contributed by atoms with Crippen LogP contribution < -0.4 is 5.69 Å². The lowest BCUT2D eigenvalue weighted by molar-refractivity contribution is 0.416. The van der Waals surface area contributed by atoms with Crippen LogP contribution in [0.3, 0.4) is 0 Å². The van der Waals surface area contributed by atoms with E-state index in [0.29, 0.717) is 11.6 Å². The summed E-state index contributed by atoms with van der Waals surface area (Å²) in [4.78, 5) is 11.2. The smallest absolute Gasteiger partial charge is 0.331 e. The summed E-state index contributed by atoms with van der Waals surface area (Å²) in [6, 6.07) is 0. The molecule has 0 saturated heterocycles. The van der Waals surface area contributed by atoms with Crippen LogP contribution in [-0.4, -0.2) is 14.2 Å². The average Bonchev–Trinajstić information content (AvgIpc) is 2.17. The number of aromatic nitrogens is 2. The average molecular weight is 174 g/mol. The van der Waals surface area contributed by atoms with Crippen molar-refractivity contribution in [3.05, 3.63) is 10.5 Å². The largest absolute Gasteiger partial charge is 0.492 e. The van der Waals surface area contributed by atoms with Gasteiger partial charge in [0.25, 0.3) is 0 Å². The molecule has 62 valence electrons. The third-order valence-corrected chi connectivity index (χ3v) is 2.05. The van der Waals surface area contributed by atoms with Crippen LogP contribution in [-0.2, 0) is 13.6 Å². The zero-order chi connectivity index (χ0) is 8.59. The SMILES string of the molecule is CCn1c(S)c(O)n(C)c1=O. The van der Waals surface area contributed by atoms with E-state index >= 15 is 0 Å². The molecular formula is C6H10N2O2S. The molecule has 1 heterocycles. The quantitative estimate of drug-likeness (QED) is 0.597. The Hall–Kier alpha value is -0.840. The van der Waals surface area contributed by atoms with E-state index in [1.54, 1.807) is 0 Å². The number of hydrogen-bond acceptors (Lipinski definition) is 3. The molecule has 5 heteroatoms. The molecule has 0 bridgehead atoms. The van der Waals surface area contributed by atoms with Crippen LogP contribution in [0.2, 0.25) is 0 Å². The molecule has 0 aromatic carbocycles. The van der Waals surface area contributed by atoms with Gasteiger partial charge in [0.1, 0.15) is 5.03 Å². The van der Waals surface area contributed by atoms with Crippen molar-refractivity contribution in [1.29, 1.82) is 0 Å². The first-order valence-corrected chi connectivity index (χ1v) is 3.71. The van der Waals surface area contributed by atoms with Gasteiger partial charge in [0, 0.05) is 13.6 Å². The zero-order valence-electron chi connectivity index (χ0n) is 6.40. The number of rotatable bonds is 1. The normalized spacial score (nSPS) is 10.5. The molecule has 4 nitrogen and oxygen atoms in total. The highest BCUT2D eigenvalue weighted by molar-refractivity contribution is 7.80. The Balaban J connectivity index is 3.49. The third-order valence-electron chi connectivity index (χ3n) is 1.61. The molecule has 0 saturated carbocycles. The lowest BCUT2D eigenvalue weighted by Gasteiger charge is -1.94. The van der Waals surface area contributed by atoms with Crippen LogP contribution in [0.4, 0.5) is 0 Å². The van der Waals surface area contributed by atoms with E-state index in [2.05, 4.69) is 12.6 Å². The van der Waals surface area contributed by atoms with Crippen LogP contribution in [0, 0.1) is 0 Å². The molecule has 1 rings (SSSR count). The molecule has 0 amide bonds. The molecule has 0 aliphatic carbocycles. The van der Waals surface area contributed by atoms with E-state index in [1.165, 1.54) is 11.6 Å². The van der Waals surface area contributed by atoms with Crippen molar-refractivity contribution >= 4 is 12.6 Å². The van der Waals surface area contributed by atoms with E-state index in [0.717, 1.165) is 4.57 Å². The summed E-state index contributed by atoms with van der Waals surface area (Å²) in [5, 5.41) is 9.52. The Kier molecular flexibility index (Phi) is 1.99. The first-order valence-electron chi connectivity index (χ1n) is 3.27. The third kappa shape index (κ3) is 1.05. The second-order valence-electron chi connectivity index (χ2n) is 2.23. The summed E-state index contributed by atoms with van der Waals surface area (Å²) in [7, 11) is 1.50. The van der Waals surface area contributed by atoms with Gasteiger partial charge >= 0.3 is 5.69 Å². The second-order valence-corrected chi connectivity index (χ2v) is 2.66. The molecule has 0 aliphatic rings. The Morgan fingerprint density at radius 3 is 2.36 bits per heavy atom. The fourth-order valence-electron chi connectivity index (χ4n) is 0.918. The first-order chi connectivity index (χ1) is 5.09. The number of hydrogen-bond donors (Lipinski definition) is 2. The molecule has 0 fully saturated rings. The zero-order valence-corrected chi connectivity index (χ0v) is 7.30. The van der Waals surface area contributed by atoms with Crippen LogP contribution in [0.25, 0.3) is 0 Å². The topological polar surface area (TPSA) is 47.2 Å². The number of aromatic hydroxyl groups is 1. The van der Waals surface area contributed by atoms with Crippen molar-refractivity contribution in [1.82, 2.24) is 9.13 Å². The van der Waals surface area contributed by atoms with Gasteiger partial charge in [0.2, 0.25) is 5.88 Å². The van der Waals surface area contributed by atoms with Crippen LogP contribution in [0.1, 0.15) is 6.92 Å². The van der Waals surface area contributed by atoms with Gasteiger partial charge in [-0.25, -0.2) is 4.79 Å². The maximum absolute atomic E-state index is 11.2. The van der Waals surface area contributed by atoms with Crippen LogP contribution >= 0.6 is 12.6 Å². The molecule has 0 unspecified atom stereocenters. The minimum atomic E-state index is -0.241. The van der Waals surface area contributed by atoms with E-state index in [-0.39, 0.29) is 11.6 Å². The second kappa shape index (κ2) is 2.65. The molecule has 1 aromatic rings. The van der Waals surface area contributed by atoms with Crippen molar-refractivity contribution in [2.24, 2.45) is 7.05 Å². The Labute approximate surface area is 69.5 Å². The lowest BCUT2D eigenvalue weighted by atomic mass is 10.7. The standard InChI is InChI=1S/C6H10N2O2S/c1-3-8-5(11)4(9)7(2)6(8)10/h9,11H,3H2,1-2H3. The highest BCUT2D eigenvalue weighted by atomic mass is 32.1. The molecule has 1 aromatic heterocycles. The number of thiol groups is 1. The van der Waals surface area contributed by atoms with Gasteiger partial charge < -0.3 is 5.11 Å². The van der Waals surface area contributed by atoms with Crippen molar-refractivity contribution in [3.8, 4) is 5.88 Å². The van der Waals surface area contributed by atoms with E-state index < -0.39 is 0 Å². The Morgan fingerprint density at radius 1 is 1.64 bits per heavy atom. The molecule has 0 radical (unpaired) electrons. The molecule has 0 spiro atoms. The maximum Gasteiger partial charge on any atom is 0.331 e. The summed E-state index contributed by atoms with van der Waals surface area (Å²) in [6.45, 7) is 2.34. The number of imidazole rings is 1. The van der Waals surface area contributed by atoms with E-state index in [4.69, 9.17) is 0 Å². The van der Waals surface area contributed by atoms with Crippen molar-refractivity contribution in [2.45, 2.75) is 18.5 Å². The molecule has 11 heavy (non-hydrogen) atoms. The Morgan fingerprint density at radius 2 is 2.18 bits per heavy atom. The maximum atomic E-state index is 11.2. The first kappa shape index (κ1) is 8.26. The van der Waals surface area contributed by atoms with Gasteiger partial charge in [-0.3, -0.25) is 9.13 Å². The number of nitrogens with zero attached hydrogens (tertiary/aromatic N) is 2. The summed E-state index contributed by atoms with van der Waals surface area (Å²) >= 11 is 3.97. The molecule has 1 N–H and O–H groups in total. The van der Waals surface area contributed by atoms with Gasteiger partial charge in [-0.15, -0.1) is 12.6 Å². The predicted molar refractivity (Wildman–Crippen MR) is 44.3 cm³/mol. The minimum Gasteiger partial charge on any atom is -0.492 e. The molecule has 0 aliphatic heterocycles. The van der Waals surface area contributed by atoms with Gasteiger partial charge in [-0.2, -0.15) is 0 Å². The fourth-order valence-corrected chi connectivity index (χ4v) is 1.29. The summed E-state index contributed by atoms with van der Waals surface area (Å²) < 4.78 is 2.55. The van der Waals surface area contributed by atoms with Gasteiger partial charge in [-0.05, 0) is 6.92 Å². The van der Waals surface area contributed by atoms with E-state index in [9.17, 15) is 9.90 Å². The van der Waals surface area contributed by atoms with Gasteiger partial charge in [0.15, 0.2) is 0 Å².